The first-order valence-corrected chi connectivity index (χ1v) is 6.58. The molecule has 100 valence electrons. The molecule has 0 fully saturated rings. The van der Waals surface area contributed by atoms with Crippen LogP contribution in [0.1, 0.15) is 20.9 Å². The number of aromatic nitrogens is 1. The molecule has 0 aliphatic rings. The van der Waals surface area contributed by atoms with E-state index >= 15 is 0 Å². The highest BCUT2D eigenvalue weighted by molar-refractivity contribution is 7.09. The highest BCUT2D eigenvalue weighted by Gasteiger charge is 2.09. The van der Waals surface area contributed by atoms with E-state index in [-0.39, 0.29) is 5.56 Å². The fourth-order valence-corrected chi connectivity index (χ4v) is 2.38. The van der Waals surface area contributed by atoms with Gasteiger partial charge in [0.15, 0.2) is 11.6 Å². The Kier molecular flexibility index (Phi) is 4.21. The number of thiazole rings is 1. The van der Waals surface area contributed by atoms with E-state index in [0.29, 0.717) is 13.0 Å². The summed E-state index contributed by atoms with van der Waals surface area (Å²) in [7, 11) is 0. The van der Waals surface area contributed by atoms with Crippen LogP contribution in [0.2, 0.25) is 0 Å². The van der Waals surface area contributed by atoms with Gasteiger partial charge in [-0.2, -0.15) is 0 Å². The predicted octanol–water partition coefficient (Wildman–Crippen LogP) is 2.70. The van der Waals surface area contributed by atoms with Crippen molar-refractivity contribution in [2.75, 3.05) is 6.54 Å². The number of nitrogens with one attached hydrogen (secondary N) is 1. The molecule has 0 aliphatic carbocycles. The minimum Gasteiger partial charge on any atom is -0.352 e. The summed E-state index contributed by atoms with van der Waals surface area (Å²) < 4.78 is 25.7. The molecule has 0 bridgehead atoms. The minimum absolute atomic E-state index is 0.111. The Bertz CT molecular complexity index is 598. The lowest BCUT2D eigenvalue weighted by Crippen LogP contribution is -2.25. The van der Waals surface area contributed by atoms with E-state index in [1.165, 1.54) is 17.4 Å². The summed E-state index contributed by atoms with van der Waals surface area (Å²) in [6, 6.07) is 3.09. The second-order valence-corrected chi connectivity index (χ2v) is 4.94. The molecule has 3 nitrogen and oxygen atoms in total. The summed E-state index contributed by atoms with van der Waals surface area (Å²) in [5, 5.41) is 2.66. The molecule has 1 N–H and O–H groups in total. The van der Waals surface area contributed by atoms with Gasteiger partial charge in [-0.25, -0.2) is 13.8 Å². The average Bonchev–Trinajstić information content (AvgIpc) is 2.78. The van der Waals surface area contributed by atoms with Gasteiger partial charge in [0.1, 0.15) is 0 Å². The van der Waals surface area contributed by atoms with E-state index in [2.05, 4.69) is 10.3 Å². The summed E-state index contributed by atoms with van der Waals surface area (Å²) in [6.07, 6.45) is 0.673. The van der Waals surface area contributed by atoms with Crippen LogP contribution in [0.25, 0.3) is 0 Å². The quantitative estimate of drug-likeness (QED) is 0.937. The number of hydrogen-bond donors (Lipinski definition) is 1. The molecule has 2 aromatic rings. The number of benzene rings is 1. The van der Waals surface area contributed by atoms with Gasteiger partial charge in [0.2, 0.25) is 0 Å². The van der Waals surface area contributed by atoms with Crippen LogP contribution in [0.3, 0.4) is 0 Å². The Morgan fingerprint density at radius 3 is 2.79 bits per heavy atom. The van der Waals surface area contributed by atoms with Gasteiger partial charge in [0, 0.05) is 23.4 Å². The number of carbonyl (C=O) groups is 1. The van der Waals surface area contributed by atoms with Crippen molar-refractivity contribution >= 4 is 17.2 Å². The molecule has 6 heteroatoms. The Morgan fingerprint density at radius 2 is 2.16 bits per heavy atom. The Balaban J connectivity index is 1.91. The normalized spacial score (nSPS) is 10.5. The molecule has 1 aromatic heterocycles. The summed E-state index contributed by atoms with van der Waals surface area (Å²) in [5.74, 6) is -2.40. The lowest BCUT2D eigenvalue weighted by molar-refractivity contribution is 0.0953. The van der Waals surface area contributed by atoms with Crippen LogP contribution >= 0.6 is 11.3 Å². The van der Waals surface area contributed by atoms with Gasteiger partial charge in [0.25, 0.3) is 5.91 Å². The molecule has 2 rings (SSSR count). The molecular weight excluding hydrogens is 270 g/mol. The number of carbonyl (C=O) groups excluding carboxylic acids is 1. The largest absolute Gasteiger partial charge is 0.352 e. The van der Waals surface area contributed by atoms with Crippen LogP contribution in [-0.4, -0.2) is 17.4 Å². The maximum Gasteiger partial charge on any atom is 0.251 e. The molecule has 1 amide bonds. The van der Waals surface area contributed by atoms with Crippen molar-refractivity contribution in [3.8, 4) is 0 Å². The molecule has 0 saturated carbocycles. The van der Waals surface area contributed by atoms with Crippen molar-refractivity contribution in [3.63, 3.8) is 0 Å². The molecule has 0 atom stereocenters. The highest BCUT2D eigenvalue weighted by Crippen LogP contribution is 2.12. The van der Waals surface area contributed by atoms with Crippen molar-refractivity contribution in [2.45, 2.75) is 13.3 Å². The van der Waals surface area contributed by atoms with Crippen LogP contribution in [-0.2, 0) is 6.42 Å². The van der Waals surface area contributed by atoms with E-state index < -0.39 is 17.5 Å². The molecule has 0 saturated heterocycles. The maximum atomic E-state index is 13.0. The number of amides is 1. The number of hydrogen-bond acceptors (Lipinski definition) is 3. The first-order valence-electron chi connectivity index (χ1n) is 5.70. The number of rotatable bonds is 4. The van der Waals surface area contributed by atoms with Crippen molar-refractivity contribution in [1.29, 1.82) is 0 Å². The maximum absolute atomic E-state index is 13.0. The third-order valence-corrected chi connectivity index (χ3v) is 3.66. The van der Waals surface area contributed by atoms with E-state index in [9.17, 15) is 13.6 Å². The number of aryl methyl sites for hydroxylation is 1. The van der Waals surface area contributed by atoms with E-state index in [1.807, 2.05) is 6.92 Å². The highest BCUT2D eigenvalue weighted by atomic mass is 32.1. The molecule has 0 spiro atoms. The average molecular weight is 282 g/mol. The first kappa shape index (κ1) is 13.6. The molecule has 0 aliphatic heterocycles. The van der Waals surface area contributed by atoms with Crippen molar-refractivity contribution in [2.24, 2.45) is 0 Å². The van der Waals surface area contributed by atoms with Crippen LogP contribution in [0.4, 0.5) is 8.78 Å². The monoisotopic (exact) mass is 282 g/mol. The van der Waals surface area contributed by atoms with Crippen molar-refractivity contribution in [3.05, 3.63) is 51.5 Å². The Morgan fingerprint density at radius 1 is 1.37 bits per heavy atom. The molecule has 19 heavy (non-hydrogen) atoms. The molecular formula is C13H12F2N2OS. The fraction of sp³-hybridized carbons (Fsp3) is 0.231. The molecule has 1 aromatic carbocycles. The van der Waals surface area contributed by atoms with Gasteiger partial charge in [-0.1, -0.05) is 0 Å². The Labute approximate surface area is 113 Å². The predicted molar refractivity (Wildman–Crippen MR) is 69.2 cm³/mol. The lowest BCUT2D eigenvalue weighted by atomic mass is 10.2. The van der Waals surface area contributed by atoms with Crippen LogP contribution < -0.4 is 5.32 Å². The van der Waals surface area contributed by atoms with Gasteiger partial charge in [-0.05, 0) is 25.1 Å². The van der Waals surface area contributed by atoms with E-state index in [1.54, 1.807) is 5.51 Å². The van der Waals surface area contributed by atoms with Gasteiger partial charge in [-0.15, -0.1) is 11.3 Å². The van der Waals surface area contributed by atoms with E-state index in [0.717, 1.165) is 22.7 Å². The molecule has 0 unspecified atom stereocenters. The second kappa shape index (κ2) is 5.88. The van der Waals surface area contributed by atoms with Crippen molar-refractivity contribution < 1.29 is 13.6 Å². The third kappa shape index (κ3) is 3.35. The minimum atomic E-state index is -1.02. The SMILES string of the molecule is Cc1ncsc1CCNC(=O)c1ccc(F)c(F)c1. The summed E-state index contributed by atoms with van der Waals surface area (Å²) in [5.41, 5.74) is 2.81. The van der Waals surface area contributed by atoms with Crippen molar-refractivity contribution in [1.82, 2.24) is 10.3 Å². The Hall–Kier alpha value is -1.82. The van der Waals surface area contributed by atoms with Crippen LogP contribution in [0.15, 0.2) is 23.7 Å². The number of halogens is 2. The lowest BCUT2D eigenvalue weighted by Gasteiger charge is -2.05. The van der Waals surface area contributed by atoms with Gasteiger partial charge in [-0.3, -0.25) is 4.79 Å². The zero-order valence-corrected chi connectivity index (χ0v) is 11.1. The fourth-order valence-electron chi connectivity index (χ4n) is 1.60. The first-order chi connectivity index (χ1) is 9.08. The van der Waals surface area contributed by atoms with E-state index in [4.69, 9.17) is 0 Å². The van der Waals surface area contributed by atoms with Gasteiger partial charge < -0.3 is 5.32 Å². The number of nitrogens with zero attached hydrogens (tertiary/aromatic N) is 1. The smallest absolute Gasteiger partial charge is 0.251 e. The zero-order chi connectivity index (χ0) is 13.8. The third-order valence-electron chi connectivity index (χ3n) is 2.66. The van der Waals surface area contributed by atoms with Gasteiger partial charge in [0.05, 0.1) is 11.2 Å². The summed E-state index contributed by atoms with van der Waals surface area (Å²) in [6.45, 7) is 2.34. The summed E-state index contributed by atoms with van der Waals surface area (Å²) >= 11 is 1.53. The molecule has 0 radical (unpaired) electrons. The van der Waals surface area contributed by atoms with Gasteiger partial charge >= 0.3 is 0 Å². The second-order valence-electron chi connectivity index (χ2n) is 4.00. The van der Waals surface area contributed by atoms with Crippen LogP contribution in [0, 0.1) is 18.6 Å². The zero-order valence-electron chi connectivity index (χ0n) is 10.2. The topological polar surface area (TPSA) is 42.0 Å². The van der Waals surface area contributed by atoms with Crippen LogP contribution in [0.5, 0.6) is 0 Å². The molecule has 1 heterocycles. The summed E-state index contributed by atoms with van der Waals surface area (Å²) in [4.78, 5) is 16.9. The standard InChI is InChI=1S/C13H12F2N2OS/c1-8-12(19-7-17-8)4-5-16-13(18)9-2-3-10(14)11(15)6-9/h2-3,6-7H,4-5H2,1H3,(H,16,18).